The number of nitro groups is 1. The average molecular weight is 215 g/mol. The van der Waals surface area contributed by atoms with Crippen molar-refractivity contribution in [1.82, 2.24) is 0 Å². The minimum Gasteiger partial charge on any atom is -0.298 e. The molecule has 0 bridgehead atoms. The number of halogens is 2. The van der Waals surface area contributed by atoms with Gasteiger partial charge >= 0.3 is 0 Å². The van der Waals surface area contributed by atoms with Crippen molar-refractivity contribution in [1.29, 1.82) is 0 Å². The number of aldehydes is 1. The van der Waals surface area contributed by atoms with Crippen LogP contribution in [-0.4, -0.2) is 11.2 Å². The van der Waals surface area contributed by atoms with E-state index >= 15 is 0 Å². The van der Waals surface area contributed by atoms with Crippen LogP contribution in [-0.2, 0) is 0 Å². The summed E-state index contributed by atoms with van der Waals surface area (Å²) in [7, 11) is 0. The third-order valence-corrected chi connectivity index (χ3v) is 1.91. The molecule has 1 aromatic rings. The van der Waals surface area contributed by atoms with Crippen LogP contribution in [0.1, 0.15) is 27.9 Å². The lowest BCUT2D eigenvalue weighted by Crippen LogP contribution is -1.99. The zero-order valence-electron chi connectivity index (χ0n) is 7.74. The van der Waals surface area contributed by atoms with E-state index in [9.17, 15) is 23.7 Å². The van der Waals surface area contributed by atoms with E-state index in [4.69, 9.17) is 0 Å². The fourth-order valence-corrected chi connectivity index (χ4v) is 1.30. The topological polar surface area (TPSA) is 60.2 Å². The quantitative estimate of drug-likeness (QED) is 0.442. The Balaban J connectivity index is 3.44. The zero-order valence-corrected chi connectivity index (χ0v) is 7.74. The standard InChI is InChI=1S/C9H7F2NO3/c1-5-2-6(9(10)11)3-7(4-13)8(5)12(14)15/h2-4,9H,1H3. The molecule has 0 saturated heterocycles. The number of hydrogen-bond donors (Lipinski definition) is 0. The molecule has 15 heavy (non-hydrogen) atoms. The van der Waals surface area contributed by atoms with Crippen LogP contribution in [0.4, 0.5) is 14.5 Å². The van der Waals surface area contributed by atoms with E-state index in [2.05, 4.69) is 0 Å². The Morgan fingerprint density at radius 3 is 2.47 bits per heavy atom. The molecule has 0 atom stereocenters. The molecule has 80 valence electrons. The third-order valence-electron chi connectivity index (χ3n) is 1.91. The second-order valence-corrected chi connectivity index (χ2v) is 2.95. The van der Waals surface area contributed by atoms with Crippen LogP contribution in [0.2, 0.25) is 0 Å². The molecule has 0 saturated carbocycles. The van der Waals surface area contributed by atoms with Crippen LogP contribution in [0.15, 0.2) is 12.1 Å². The number of carbonyl (C=O) groups is 1. The summed E-state index contributed by atoms with van der Waals surface area (Å²) in [4.78, 5) is 20.3. The Morgan fingerprint density at radius 1 is 1.47 bits per heavy atom. The molecular weight excluding hydrogens is 208 g/mol. The highest BCUT2D eigenvalue weighted by atomic mass is 19.3. The summed E-state index contributed by atoms with van der Waals surface area (Å²) in [5.74, 6) is 0. The number of hydrogen-bond acceptors (Lipinski definition) is 3. The van der Waals surface area contributed by atoms with Crippen LogP contribution in [0.25, 0.3) is 0 Å². The van der Waals surface area contributed by atoms with Crippen LogP contribution in [0, 0.1) is 17.0 Å². The minimum atomic E-state index is -2.75. The monoisotopic (exact) mass is 215 g/mol. The van der Waals surface area contributed by atoms with E-state index in [0.717, 1.165) is 12.1 Å². The Labute approximate surface area is 83.7 Å². The highest BCUT2D eigenvalue weighted by Crippen LogP contribution is 2.28. The molecule has 0 aliphatic heterocycles. The third kappa shape index (κ3) is 2.15. The maximum Gasteiger partial charge on any atom is 0.282 e. The van der Waals surface area contributed by atoms with Crippen molar-refractivity contribution in [2.24, 2.45) is 0 Å². The Kier molecular flexibility index (Phi) is 3.08. The highest BCUT2D eigenvalue weighted by molar-refractivity contribution is 5.83. The largest absolute Gasteiger partial charge is 0.298 e. The fourth-order valence-electron chi connectivity index (χ4n) is 1.30. The summed E-state index contributed by atoms with van der Waals surface area (Å²) in [5, 5.41) is 10.5. The van der Waals surface area contributed by atoms with E-state index in [1.54, 1.807) is 0 Å². The lowest BCUT2D eigenvalue weighted by Gasteiger charge is -2.04. The van der Waals surface area contributed by atoms with E-state index in [-0.39, 0.29) is 23.0 Å². The Hall–Kier alpha value is -1.85. The number of alkyl halides is 2. The maximum atomic E-state index is 12.3. The molecule has 0 aromatic heterocycles. The number of aryl methyl sites for hydroxylation is 1. The first kappa shape index (κ1) is 11.2. The summed E-state index contributed by atoms with van der Waals surface area (Å²) < 4.78 is 24.6. The van der Waals surface area contributed by atoms with Gasteiger partial charge in [0.2, 0.25) is 0 Å². The zero-order chi connectivity index (χ0) is 11.6. The molecule has 6 heteroatoms. The van der Waals surface area contributed by atoms with Crippen molar-refractivity contribution in [3.8, 4) is 0 Å². The van der Waals surface area contributed by atoms with Gasteiger partial charge in [-0.1, -0.05) is 0 Å². The van der Waals surface area contributed by atoms with Crippen molar-refractivity contribution in [2.45, 2.75) is 13.3 Å². The van der Waals surface area contributed by atoms with Crippen LogP contribution >= 0.6 is 0 Å². The van der Waals surface area contributed by atoms with Crippen LogP contribution in [0.5, 0.6) is 0 Å². The lowest BCUT2D eigenvalue weighted by atomic mass is 10.0. The molecule has 0 spiro atoms. The molecule has 0 heterocycles. The van der Waals surface area contributed by atoms with E-state index in [0.29, 0.717) is 0 Å². The van der Waals surface area contributed by atoms with Gasteiger partial charge in [0.1, 0.15) is 0 Å². The number of nitrogens with zero attached hydrogens (tertiary/aromatic N) is 1. The number of nitro benzene ring substituents is 1. The van der Waals surface area contributed by atoms with E-state index < -0.39 is 17.0 Å². The Morgan fingerprint density at radius 2 is 2.07 bits per heavy atom. The lowest BCUT2D eigenvalue weighted by molar-refractivity contribution is -0.385. The van der Waals surface area contributed by atoms with Gasteiger partial charge in [0.15, 0.2) is 6.29 Å². The molecule has 0 amide bonds. The van der Waals surface area contributed by atoms with Gasteiger partial charge in [-0.3, -0.25) is 14.9 Å². The van der Waals surface area contributed by atoms with E-state index in [1.807, 2.05) is 0 Å². The van der Waals surface area contributed by atoms with Crippen molar-refractivity contribution >= 4 is 12.0 Å². The maximum absolute atomic E-state index is 12.3. The molecule has 4 nitrogen and oxygen atoms in total. The summed E-state index contributed by atoms with van der Waals surface area (Å²) >= 11 is 0. The normalized spacial score (nSPS) is 10.4. The van der Waals surface area contributed by atoms with Gasteiger partial charge in [0.25, 0.3) is 12.1 Å². The van der Waals surface area contributed by atoms with Crippen LogP contribution < -0.4 is 0 Å². The predicted octanol–water partition coefficient (Wildman–Crippen LogP) is 2.65. The highest BCUT2D eigenvalue weighted by Gasteiger charge is 2.20. The summed E-state index contributed by atoms with van der Waals surface area (Å²) in [6.45, 7) is 1.32. The van der Waals surface area contributed by atoms with Gasteiger partial charge in [-0.05, 0) is 19.1 Å². The Bertz CT molecular complexity index is 418. The van der Waals surface area contributed by atoms with Crippen LogP contribution in [0.3, 0.4) is 0 Å². The smallest absolute Gasteiger partial charge is 0.282 e. The molecule has 0 aliphatic rings. The first-order chi connectivity index (χ1) is 6.97. The average Bonchev–Trinajstić information content (AvgIpc) is 2.15. The fraction of sp³-hybridized carbons (Fsp3) is 0.222. The predicted molar refractivity (Wildman–Crippen MR) is 48.2 cm³/mol. The summed E-state index contributed by atoms with van der Waals surface area (Å²) in [5.41, 5.74) is -1.08. The first-order valence-corrected chi connectivity index (χ1v) is 3.99. The van der Waals surface area contributed by atoms with Gasteiger partial charge in [0.05, 0.1) is 10.5 Å². The molecule has 1 rings (SSSR count). The number of carbonyl (C=O) groups excluding carboxylic acids is 1. The summed E-state index contributed by atoms with van der Waals surface area (Å²) in [6.07, 6.45) is -2.54. The second kappa shape index (κ2) is 4.12. The summed E-state index contributed by atoms with van der Waals surface area (Å²) in [6, 6.07) is 1.85. The first-order valence-electron chi connectivity index (χ1n) is 3.99. The van der Waals surface area contributed by atoms with Gasteiger partial charge in [-0.2, -0.15) is 0 Å². The minimum absolute atomic E-state index is 0.0555. The number of rotatable bonds is 3. The molecule has 0 aliphatic carbocycles. The van der Waals surface area contributed by atoms with Crippen molar-refractivity contribution in [3.05, 3.63) is 38.9 Å². The second-order valence-electron chi connectivity index (χ2n) is 2.95. The van der Waals surface area contributed by atoms with Crippen molar-refractivity contribution in [2.75, 3.05) is 0 Å². The molecule has 0 N–H and O–H groups in total. The van der Waals surface area contributed by atoms with E-state index in [1.165, 1.54) is 6.92 Å². The van der Waals surface area contributed by atoms with Gasteiger partial charge in [-0.25, -0.2) is 8.78 Å². The van der Waals surface area contributed by atoms with Gasteiger partial charge < -0.3 is 0 Å². The number of benzene rings is 1. The molecular formula is C9H7F2NO3. The molecule has 1 aromatic carbocycles. The molecule has 0 radical (unpaired) electrons. The van der Waals surface area contributed by atoms with Crippen molar-refractivity contribution in [3.63, 3.8) is 0 Å². The SMILES string of the molecule is Cc1cc(C(F)F)cc(C=O)c1[N+](=O)[O-]. The molecule has 0 unspecified atom stereocenters. The van der Waals surface area contributed by atoms with Gasteiger partial charge in [0, 0.05) is 11.1 Å². The molecule has 0 fully saturated rings. The van der Waals surface area contributed by atoms with Crippen molar-refractivity contribution < 1.29 is 18.5 Å². The van der Waals surface area contributed by atoms with Gasteiger partial charge in [-0.15, -0.1) is 0 Å².